The van der Waals surface area contributed by atoms with Crippen LogP contribution in [0.1, 0.15) is 329 Å². The number of hydrogen-bond acceptors (Lipinski definition) is 6. The van der Waals surface area contributed by atoms with Gasteiger partial charge in [0.15, 0.2) is 6.10 Å². The minimum Gasteiger partial charge on any atom is -0.462 e. The standard InChI is InChI=1S/C73H126O6/c1-4-7-10-13-16-19-22-25-28-31-34-35-36-37-40-42-45-48-51-54-57-60-63-66-72(75)78-69-70(79-73(76)67-64-61-58-55-52-49-46-43-39-33-30-27-24-21-18-15-12-9-6-3)68-77-71(74)65-62-59-56-53-50-47-44-41-38-32-29-26-23-20-17-14-11-8-5-2/h9,12,18,21-22,25-27,29-31,34,36-37,39,43,70H,4-8,10-11,13-17,19-20,23-24,28,32-33,35,38,40-42,44-69H2,1-3H3/b12-9-,21-18-,25-22-,29-26-,30-27-,34-31-,37-36-,43-39-. The summed E-state index contributed by atoms with van der Waals surface area (Å²) >= 11 is 0. The molecule has 454 valence electrons. The molecular weight excluding hydrogens is 973 g/mol. The van der Waals surface area contributed by atoms with Crippen LogP contribution in [-0.4, -0.2) is 37.2 Å². The summed E-state index contributed by atoms with van der Waals surface area (Å²) in [5.41, 5.74) is 0. The summed E-state index contributed by atoms with van der Waals surface area (Å²) in [6, 6.07) is 0. The fourth-order valence-electron chi connectivity index (χ4n) is 9.50. The Morgan fingerprint density at radius 1 is 0.266 bits per heavy atom. The molecule has 1 atom stereocenters. The molecule has 0 aromatic heterocycles. The average Bonchev–Trinajstić information content (AvgIpc) is 3.45. The summed E-state index contributed by atoms with van der Waals surface area (Å²) in [4.78, 5) is 38.4. The molecule has 0 aromatic carbocycles. The molecule has 0 rings (SSSR count). The summed E-state index contributed by atoms with van der Waals surface area (Å²) in [7, 11) is 0. The normalized spacial score (nSPS) is 12.7. The van der Waals surface area contributed by atoms with Gasteiger partial charge in [-0.15, -0.1) is 0 Å². The van der Waals surface area contributed by atoms with Crippen LogP contribution in [0.4, 0.5) is 0 Å². The van der Waals surface area contributed by atoms with Crippen molar-refractivity contribution >= 4 is 17.9 Å². The van der Waals surface area contributed by atoms with Crippen molar-refractivity contribution < 1.29 is 28.6 Å². The van der Waals surface area contributed by atoms with Gasteiger partial charge in [0.05, 0.1) is 0 Å². The smallest absolute Gasteiger partial charge is 0.306 e. The zero-order valence-electron chi connectivity index (χ0n) is 52.1. The van der Waals surface area contributed by atoms with E-state index in [0.717, 1.165) is 116 Å². The highest BCUT2D eigenvalue weighted by Gasteiger charge is 2.19. The van der Waals surface area contributed by atoms with E-state index in [1.807, 2.05) is 0 Å². The topological polar surface area (TPSA) is 78.9 Å². The molecule has 6 heteroatoms. The van der Waals surface area contributed by atoms with Crippen molar-refractivity contribution in [1.29, 1.82) is 0 Å². The van der Waals surface area contributed by atoms with Crippen molar-refractivity contribution in [2.45, 2.75) is 335 Å². The van der Waals surface area contributed by atoms with Crippen molar-refractivity contribution in [3.63, 3.8) is 0 Å². The van der Waals surface area contributed by atoms with Gasteiger partial charge in [-0.25, -0.2) is 0 Å². The summed E-state index contributed by atoms with van der Waals surface area (Å²) in [5, 5.41) is 0. The van der Waals surface area contributed by atoms with E-state index in [1.165, 1.54) is 173 Å². The lowest BCUT2D eigenvalue weighted by Gasteiger charge is -2.18. The molecule has 0 N–H and O–H groups in total. The van der Waals surface area contributed by atoms with E-state index >= 15 is 0 Å². The molecular formula is C73H126O6. The van der Waals surface area contributed by atoms with Crippen molar-refractivity contribution in [2.75, 3.05) is 13.2 Å². The van der Waals surface area contributed by atoms with E-state index in [0.29, 0.717) is 19.3 Å². The molecule has 0 heterocycles. The molecule has 79 heavy (non-hydrogen) atoms. The Kier molecular flexibility index (Phi) is 63.7. The van der Waals surface area contributed by atoms with Crippen molar-refractivity contribution in [3.05, 3.63) is 97.2 Å². The largest absolute Gasteiger partial charge is 0.462 e. The van der Waals surface area contributed by atoms with E-state index in [2.05, 4.69) is 118 Å². The highest BCUT2D eigenvalue weighted by atomic mass is 16.6. The first-order valence-corrected chi connectivity index (χ1v) is 33.7. The van der Waals surface area contributed by atoms with Crippen LogP contribution in [0.5, 0.6) is 0 Å². The summed E-state index contributed by atoms with van der Waals surface area (Å²) in [6.45, 7) is 6.53. The molecule has 1 unspecified atom stereocenters. The number of allylic oxidation sites excluding steroid dienone is 16. The number of rotatable bonds is 61. The third kappa shape index (κ3) is 65.0. The second-order valence-corrected chi connectivity index (χ2v) is 22.3. The Hall–Kier alpha value is -3.67. The predicted octanol–water partition coefficient (Wildman–Crippen LogP) is 23.2. The average molecular weight is 1100 g/mol. The number of hydrogen-bond donors (Lipinski definition) is 0. The van der Waals surface area contributed by atoms with Crippen molar-refractivity contribution in [2.24, 2.45) is 0 Å². The SMILES string of the molecule is CC/C=C\C/C=C\C/C=C\C/C=C\CCCCCCCCC(=O)OC(COC(=O)CCCCCCCCCC/C=C\C/C=C\C/C=C\CCCCCCC)COC(=O)CCCCCCCCCCC/C=C\CCCCCCCC. The van der Waals surface area contributed by atoms with Crippen LogP contribution in [0.3, 0.4) is 0 Å². The van der Waals surface area contributed by atoms with Gasteiger partial charge >= 0.3 is 17.9 Å². The van der Waals surface area contributed by atoms with E-state index < -0.39 is 6.10 Å². The van der Waals surface area contributed by atoms with Gasteiger partial charge in [0.1, 0.15) is 13.2 Å². The predicted molar refractivity (Wildman–Crippen MR) is 344 cm³/mol. The molecule has 0 saturated carbocycles. The maximum atomic E-state index is 12.9. The monoisotopic (exact) mass is 1100 g/mol. The van der Waals surface area contributed by atoms with Crippen LogP contribution in [0, 0.1) is 0 Å². The second-order valence-electron chi connectivity index (χ2n) is 22.3. The van der Waals surface area contributed by atoms with Crippen LogP contribution in [-0.2, 0) is 28.6 Å². The maximum absolute atomic E-state index is 12.9. The number of ether oxygens (including phenoxy) is 3. The van der Waals surface area contributed by atoms with E-state index in [-0.39, 0.29) is 31.1 Å². The van der Waals surface area contributed by atoms with E-state index in [1.54, 1.807) is 0 Å². The van der Waals surface area contributed by atoms with Crippen LogP contribution in [0.15, 0.2) is 97.2 Å². The summed E-state index contributed by atoms with van der Waals surface area (Å²) < 4.78 is 17.0. The summed E-state index contributed by atoms with van der Waals surface area (Å²) in [6.07, 6.45) is 89.8. The van der Waals surface area contributed by atoms with Gasteiger partial charge in [0.25, 0.3) is 0 Å². The molecule has 0 bridgehead atoms. The fourth-order valence-corrected chi connectivity index (χ4v) is 9.50. The lowest BCUT2D eigenvalue weighted by Crippen LogP contribution is -2.30. The van der Waals surface area contributed by atoms with Gasteiger partial charge in [-0.2, -0.15) is 0 Å². The second kappa shape index (κ2) is 66.8. The first-order chi connectivity index (χ1) is 39.0. The molecule has 0 fully saturated rings. The molecule has 0 radical (unpaired) electrons. The molecule has 0 aliphatic rings. The van der Waals surface area contributed by atoms with Crippen LogP contribution in [0.2, 0.25) is 0 Å². The van der Waals surface area contributed by atoms with E-state index in [9.17, 15) is 14.4 Å². The minimum atomic E-state index is -0.792. The lowest BCUT2D eigenvalue weighted by molar-refractivity contribution is -0.167. The number of esters is 3. The zero-order chi connectivity index (χ0) is 57.1. The van der Waals surface area contributed by atoms with Crippen molar-refractivity contribution in [3.8, 4) is 0 Å². The summed E-state index contributed by atoms with van der Waals surface area (Å²) in [5.74, 6) is -0.897. The maximum Gasteiger partial charge on any atom is 0.306 e. The Labute approximate surface area is 489 Å². The van der Waals surface area contributed by atoms with Gasteiger partial charge in [-0.3, -0.25) is 14.4 Å². The zero-order valence-corrected chi connectivity index (χ0v) is 52.1. The Balaban J connectivity index is 4.41. The van der Waals surface area contributed by atoms with Gasteiger partial charge < -0.3 is 14.2 Å². The first kappa shape index (κ1) is 75.3. The fraction of sp³-hybridized carbons (Fsp3) is 0.740. The third-order valence-electron chi connectivity index (χ3n) is 14.5. The molecule has 6 nitrogen and oxygen atoms in total. The lowest BCUT2D eigenvalue weighted by atomic mass is 10.1. The van der Waals surface area contributed by atoms with Crippen molar-refractivity contribution in [1.82, 2.24) is 0 Å². The molecule has 0 amide bonds. The molecule has 0 saturated heterocycles. The number of unbranched alkanes of at least 4 members (excludes halogenated alkanes) is 34. The highest BCUT2D eigenvalue weighted by molar-refractivity contribution is 5.71. The molecule has 0 spiro atoms. The van der Waals surface area contributed by atoms with Gasteiger partial charge in [-0.1, -0.05) is 285 Å². The quantitative estimate of drug-likeness (QED) is 0.0261. The highest BCUT2D eigenvalue weighted by Crippen LogP contribution is 2.16. The molecule has 0 aliphatic carbocycles. The molecule has 0 aliphatic heterocycles. The van der Waals surface area contributed by atoms with Gasteiger partial charge in [0, 0.05) is 19.3 Å². The molecule has 0 aromatic rings. The number of carbonyl (C=O) groups excluding carboxylic acids is 3. The Bertz CT molecular complexity index is 1540. The Morgan fingerprint density at radius 2 is 0.494 bits per heavy atom. The van der Waals surface area contributed by atoms with E-state index in [4.69, 9.17) is 14.2 Å². The Morgan fingerprint density at radius 3 is 0.785 bits per heavy atom. The van der Waals surface area contributed by atoms with Crippen LogP contribution in [0.25, 0.3) is 0 Å². The van der Waals surface area contributed by atoms with Gasteiger partial charge in [-0.05, 0) is 122 Å². The van der Waals surface area contributed by atoms with Crippen LogP contribution >= 0.6 is 0 Å². The van der Waals surface area contributed by atoms with Crippen LogP contribution < -0.4 is 0 Å². The van der Waals surface area contributed by atoms with Gasteiger partial charge in [0.2, 0.25) is 0 Å². The first-order valence-electron chi connectivity index (χ1n) is 33.7. The minimum absolute atomic E-state index is 0.0862. The third-order valence-corrected chi connectivity index (χ3v) is 14.5. The number of carbonyl (C=O) groups is 3.